The molecule has 0 saturated carbocycles. The van der Waals surface area contributed by atoms with Gasteiger partial charge in [-0.2, -0.15) is 0 Å². The molecule has 0 bridgehead atoms. The molecule has 0 heterocycles. The van der Waals surface area contributed by atoms with E-state index in [4.69, 9.17) is 12.2 Å². The molecule has 0 aliphatic carbocycles. The molecule has 0 saturated heterocycles. The van der Waals surface area contributed by atoms with E-state index in [0.717, 1.165) is 0 Å². The molecule has 0 rings (SSSR count). The second-order valence-corrected chi connectivity index (χ2v) is 3.52. The summed E-state index contributed by atoms with van der Waals surface area (Å²) in [6, 6.07) is -0.0272. The van der Waals surface area contributed by atoms with E-state index in [0.29, 0.717) is 5.11 Å². The van der Waals surface area contributed by atoms with Crippen LogP contribution >= 0.6 is 12.2 Å². The summed E-state index contributed by atoms with van der Waals surface area (Å²) >= 11 is 4.97. The van der Waals surface area contributed by atoms with Gasteiger partial charge >= 0.3 is 0 Å². The van der Waals surface area contributed by atoms with Gasteiger partial charge in [-0.25, -0.2) is 0 Å². The number of thiocarbonyl (C=S) groups is 1. The van der Waals surface area contributed by atoms with Crippen LogP contribution in [0.2, 0.25) is 0 Å². The summed E-state index contributed by atoms with van der Waals surface area (Å²) in [4.78, 5) is 11.1. The van der Waals surface area contributed by atoms with Crippen LogP contribution in [0.5, 0.6) is 0 Å². The largest absolute Gasteiger partial charge is 0.361 e. The average Bonchev–Trinajstić information content (AvgIpc) is 2.01. The van der Waals surface area contributed by atoms with E-state index in [1.165, 1.54) is 0 Å². The van der Waals surface area contributed by atoms with Crippen LogP contribution in [0.25, 0.3) is 0 Å². The molecule has 0 aromatic rings. The molecule has 1 amide bonds. The monoisotopic (exact) mass is 203 g/mol. The quantitative estimate of drug-likeness (QED) is 0.565. The number of nitrogens with one attached hydrogen (secondary N) is 3. The van der Waals surface area contributed by atoms with Crippen molar-refractivity contribution in [3.63, 3.8) is 0 Å². The molecule has 1 atom stereocenters. The van der Waals surface area contributed by atoms with Crippen molar-refractivity contribution in [3.05, 3.63) is 0 Å². The molecule has 0 spiro atoms. The van der Waals surface area contributed by atoms with Crippen molar-refractivity contribution in [1.29, 1.82) is 0 Å². The van der Waals surface area contributed by atoms with Crippen molar-refractivity contribution in [2.75, 3.05) is 7.05 Å². The van der Waals surface area contributed by atoms with E-state index in [1.54, 1.807) is 14.0 Å². The van der Waals surface area contributed by atoms with Crippen LogP contribution in [0.4, 0.5) is 0 Å². The van der Waals surface area contributed by atoms with Crippen LogP contribution in [-0.2, 0) is 4.79 Å². The molecular formula is C8H17N3OS. The summed E-state index contributed by atoms with van der Waals surface area (Å²) in [5.41, 5.74) is 0. The Hall–Kier alpha value is -0.840. The fraction of sp³-hybridized carbons (Fsp3) is 0.750. The number of carbonyl (C=O) groups excluding carboxylic acids is 1. The second-order valence-electron chi connectivity index (χ2n) is 3.11. The third kappa shape index (κ3) is 5.41. The highest BCUT2D eigenvalue weighted by molar-refractivity contribution is 7.80. The van der Waals surface area contributed by atoms with E-state index >= 15 is 0 Å². The zero-order chi connectivity index (χ0) is 10.4. The van der Waals surface area contributed by atoms with Crippen molar-refractivity contribution >= 4 is 23.2 Å². The minimum Gasteiger partial charge on any atom is -0.361 e. The highest BCUT2D eigenvalue weighted by Gasteiger charge is 2.11. The summed E-state index contributed by atoms with van der Waals surface area (Å²) < 4.78 is 0. The number of likely N-dealkylation sites (N-methyl/N-ethyl adjacent to an activating group) is 1. The van der Waals surface area contributed by atoms with Gasteiger partial charge < -0.3 is 16.0 Å². The molecule has 0 aliphatic rings. The molecule has 5 heteroatoms. The summed E-state index contributed by atoms with van der Waals surface area (Å²) in [5.74, 6) is -0.0760. The standard InChI is InChI=1S/C8H17N3OS/c1-5(2)10-8(13)11-6(3)7(12)9-4/h5-6H,1-4H3,(H,9,12)(H2,10,11,13). The first-order valence-corrected chi connectivity index (χ1v) is 4.66. The van der Waals surface area contributed by atoms with Gasteiger partial charge in [-0.05, 0) is 33.0 Å². The molecule has 0 aliphatic heterocycles. The SMILES string of the molecule is CNC(=O)C(C)NC(=S)NC(C)C. The maximum atomic E-state index is 11.1. The van der Waals surface area contributed by atoms with E-state index in [1.807, 2.05) is 13.8 Å². The van der Waals surface area contributed by atoms with Crippen molar-refractivity contribution in [2.45, 2.75) is 32.9 Å². The highest BCUT2D eigenvalue weighted by atomic mass is 32.1. The molecule has 0 aromatic carbocycles. The van der Waals surface area contributed by atoms with E-state index in [2.05, 4.69) is 16.0 Å². The van der Waals surface area contributed by atoms with Gasteiger partial charge in [0.05, 0.1) is 0 Å². The summed E-state index contributed by atoms with van der Waals surface area (Å²) in [6.07, 6.45) is 0. The van der Waals surface area contributed by atoms with Gasteiger partial charge in [-0.15, -0.1) is 0 Å². The minimum atomic E-state index is -0.302. The number of hydrogen-bond donors (Lipinski definition) is 3. The molecule has 13 heavy (non-hydrogen) atoms. The van der Waals surface area contributed by atoms with E-state index in [9.17, 15) is 4.79 Å². The van der Waals surface area contributed by atoms with E-state index < -0.39 is 0 Å². The van der Waals surface area contributed by atoms with Gasteiger partial charge in [0.1, 0.15) is 6.04 Å². The highest BCUT2D eigenvalue weighted by Crippen LogP contribution is 1.83. The lowest BCUT2D eigenvalue weighted by Gasteiger charge is -2.17. The Bertz CT molecular complexity index is 194. The number of carbonyl (C=O) groups is 1. The summed E-state index contributed by atoms with van der Waals surface area (Å²) in [5, 5.41) is 8.90. The number of rotatable bonds is 3. The van der Waals surface area contributed by atoms with Crippen molar-refractivity contribution in [1.82, 2.24) is 16.0 Å². The van der Waals surface area contributed by atoms with Crippen LogP contribution in [0.15, 0.2) is 0 Å². The maximum absolute atomic E-state index is 11.1. The third-order valence-electron chi connectivity index (χ3n) is 1.41. The van der Waals surface area contributed by atoms with Gasteiger partial charge in [0, 0.05) is 13.1 Å². The van der Waals surface area contributed by atoms with Crippen molar-refractivity contribution in [3.8, 4) is 0 Å². The summed E-state index contributed by atoms with van der Waals surface area (Å²) in [7, 11) is 1.60. The van der Waals surface area contributed by atoms with Crippen LogP contribution in [0.1, 0.15) is 20.8 Å². The molecular weight excluding hydrogens is 186 g/mol. The molecule has 1 unspecified atom stereocenters. The fourth-order valence-electron chi connectivity index (χ4n) is 0.783. The van der Waals surface area contributed by atoms with E-state index in [-0.39, 0.29) is 18.0 Å². The third-order valence-corrected chi connectivity index (χ3v) is 1.64. The Labute approximate surface area is 84.5 Å². The van der Waals surface area contributed by atoms with Crippen molar-refractivity contribution in [2.24, 2.45) is 0 Å². The average molecular weight is 203 g/mol. The van der Waals surface area contributed by atoms with Gasteiger partial charge in [0.15, 0.2) is 5.11 Å². The smallest absolute Gasteiger partial charge is 0.242 e. The first-order valence-electron chi connectivity index (χ1n) is 4.26. The lowest BCUT2D eigenvalue weighted by molar-refractivity contribution is -0.121. The second kappa shape index (κ2) is 5.75. The minimum absolute atomic E-state index is 0.0760. The summed E-state index contributed by atoms with van der Waals surface area (Å²) in [6.45, 7) is 5.73. The maximum Gasteiger partial charge on any atom is 0.242 e. The lowest BCUT2D eigenvalue weighted by atomic mass is 10.3. The van der Waals surface area contributed by atoms with Crippen LogP contribution in [-0.4, -0.2) is 30.2 Å². The number of amides is 1. The molecule has 4 nitrogen and oxygen atoms in total. The van der Waals surface area contributed by atoms with Crippen LogP contribution < -0.4 is 16.0 Å². The predicted molar refractivity (Wildman–Crippen MR) is 57.5 cm³/mol. The molecule has 0 aromatic heterocycles. The van der Waals surface area contributed by atoms with Crippen molar-refractivity contribution < 1.29 is 4.79 Å². The lowest BCUT2D eigenvalue weighted by Crippen LogP contribution is -2.48. The Morgan fingerprint density at radius 2 is 1.77 bits per heavy atom. The zero-order valence-electron chi connectivity index (χ0n) is 8.47. The Morgan fingerprint density at radius 3 is 2.15 bits per heavy atom. The topological polar surface area (TPSA) is 53.2 Å². The van der Waals surface area contributed by atoms with Gasteiger partial charge in [-0.3, -0.25) is 4.79 Å². The van der Waals surface area contributed by atoms with Crippen LogP contribution in [0.3, 0.4) is 0 Å². The zero-order valence-corrected chi connectivity index (χ0v) is 9.29. The van der Waals surface area contributed by atoms with Gasteiger partial charge in [0.2, 0.25) is 5.91 Å². The first-order chi connectivity index (χ1) is 5.97. The predicted octanol–water partition coefficient (Wildman–Crippen LogP) is -0.00660. The first kappa shape index (κ1) is 12.2. The molecule has 0 fully saturated rings. The Kier molecular flexibility index (Phi) is 5.37. The normalized spacial score (nSPS) is 12.1. The van der Waals surface area contributed by atoms with Gasteiger partial charge in [-0.1, -0.05) is 0 Å². The fourth-order valence-corrected chi connectivity index (χ4v) is 1.20. The Morgan fingerprint density at radius 1 is 1.23 bits per heavy atom. The number of hydrogen-bond acceptors (Lipinski definition) is 2. The van der Waals surface area contributed by atoms with Gasteiger partial charge in [0.25, 0.3) is 0 Å². The van der Waals surface area contributed by atoms with Crippen LogP contribution in [0, 0.1) is 0 Å². The molecule has 76 valence electrons. The molecule has 0 radical (unpaired) electrons. The molecule has 3 N–H and O–H groups in total. The Balaban J connectivity index is 3.85.